The van der Waals surface area contributed by atoms with Gasteiger partial charge in [-0.1, -0.05) is 12.1 Å². The van der Waals surface area contributed by atoms with Crippen molar-refractivity contribution in [3.63, 3.8) is 0 Å². The summed E-state index contributed by atoms with van der Waals surface area (Å²) in [7, 11) is 0. The Hall–Kier alpha value is -2.94. The molecule has 0 saturated carbocycles. The molecular weight excluding hydrogens is 330 g/mol. The molecule has 2 amide bonds. The first-order chi connectivity index (χ1) is 11.5. The number of primary amides is 1. The third-order valence-corrected chi connectivity index (χ3v) is 4.22. The summed E-state index contributed by atoms with van der Waals surface area (Å²) >= 11 is 1.28. The summed E-state index contributed by atoms with van der Waals surface area (Å²) in [5, 5.41) is 8.84. The van der Waals surface area contributed by atoms with Gasteiger partial charge < -0.3 is 15.2 Å². The van der Waals surface area contributed by atoms with Crippen LogP contribution in [0.4, 0.5) is 5.13 Å². The van der Waals surface area contributed by atoms with Crippen LogP contribution in [0, 0.1) is 6.92 Å². The van der Waals surface area contributed by atoms with E-state index in [2.05, 4.69) is 20.4 Å². The zero-order chi connectivity index (χ0) is 17.3. The van der Waals surface area contributed by atoms with E-state index < -0.39 is 5.91 Å². The zero-order valence-corrected chi connectivity index (χ0v) is 13.9. The molecule has 3 rings (SSSR count). The number of aryl methyl sites for hydroxylation is 2. The molecule has 0 saturated heterocycles. The van der Waals surface area contributed by atoms with E-state index in [9.17, 15) is 9.59 Å². The van der Waals surface area contributed by atoms with Crippen LogP contribution in [0.5, 0.6) is 0 Å². The highest BCUT2D eigenvalue weighted by Crippen LogP contribution is 2.26. The standard InChI is InChI=1S/C15H15N5O3S/c1-3-9-12(7(2)23-20-9)14(22)19-15-18-11(6-24-15)8-4-10(13(16)21)17-5-8/h4-6,17H,3H2,1-2H3,(H2,16,21)(H,18,19,22). The molecule has 3 aromatic rings. The van der Waals surface area contributed by atoms with E-state index in [1.54, 1.807) is 24.6 Å². The van der Waals surface area contributed by atoms with Crippen molar-refractivity contribution in [3.05, 3.63) is 40.4 Å². The number of anilines is 1. The second-order valence-electron chi connectivity index (χ2n) is 5.07. The number of aromatic nitrogens is 3. The second-order valence-corrected chi connectivity index (χ2v) is 5.93. The van der Waals surface area contributed by atoms with E-state index in [4.69, 9.17) is 10.3 Å². The maximum atomic E-state index is 12.4. The van der Waals surface area contributed by atoms with Crippen LogP contribution in [-0.4, -0.2) is 26.9 Å². The average molecular weight is 345 g/mol. The van der Waals surface area contributed by atoms with Crippen molar-refractivity contribution >= 4 is 28.3 Å². The number of nitrogens with zero attached hydrogens (tertiary/aromatic N) is 2. The largest absolute Gasteiger partial charge is 0.364 e. The number of nitrogens with two attached hydrogens (primary N) is 1. The van der Waals surface area contributed by atoms with Gasteiger partial charge in [-0.3, -0.25) is 14.9 Å². The number of H-pyrrole nitrogens is 1. The van der Waals surface area contributed by atoms with Gasteiger partial charge in [-0.2, -0.15) is 0 Å². The van der Waals surface area contributed by atoms with Crippen molar-refractivity contribution in [2.75, 3.05) is 5.32 Å². The first-order valence-corrected chi connectivity index (χ1v) is 8.08. The smallest absolute Gasteiger partial charge is 0.265 e. The number of aromatic amines is 1. The molecular formula is C15H15N5O3S. The van der Waals surface area contributed by atoms with Crippen molar-refractivity contribution in [1.29, 1.82) is 0 Å². The fourth-order valence-corrected chi connectivity index (χ4v) is 2.97. The van der Waals surface area contributed by atoms with Crippen LogP contribution in [0.2, 0.25) is 0 Å². The van der Waals surface area contributed by atoms with Gasteiger partial charge in [-0.25, -0.2) is 4.98 Å². The summed E-state index contributed by atoms with van der Waals surface area (Å²) in [6.07, 6.45) is 2.24. The van der Waals surface area contributed by atoms with Gasteiger partial charge in [0.05, 0.1) is 11.4 Å². The van der Waals surface area contributed by atoms with E-state index in [0.717, 1.165) is 5.56 Å². The summed E-state index contributed by atoms with van der Waals surface area (Å²) < 4.78 is 5.07. The Morgan fingerprint density at radius 3 is 2.92 bits per heavy atom. The highest BCUT2D eigenvalue weighted by molar-refractivity contribution is 7.14. The molecule has 24 heavy (non-hydrogen) atoms. The number of amides is 2. The molecule has 0 fully saturated rings. The first-order valence-electron chi connectivity index (χ1n) is 7.20. The third-order valence-electron chi connectivity index (χ3n) is 3.46. The number of hydrogen-bond donors (Lipinski definition) is 3. The van der Waals surface area contributed by atoms with Gasteiger partial charge in [0.2, 0.25) is 0 Å². The molecule has 0 unspecified atom stereocenters. The van der Waals surface area contributed by atoms with Gasteiger partial charge in [0.25, 0.3) is 11.8 Å². The predicted molar refractivity (Wildman–Crippen MR) is 89.0 cm³/mol. The van der Waals surface area contributed by atoms with Crippen LogP contribution in [0.25, 0.3) is 11.3 Å². The highest BCUT2D eigenvalue weighted by Gasteiger charge is 2.20. The molecule has 8 nitrogen and oxygen atoms in total. The maximum absolute atomic E-state index is 12.4. The molecule has 0 bridgehead atoms. The topological polar surface area (TPSA) is 127 Å². The highest BCUT2D eigenvalue weighted by atomic mass is 32.1. The minimum atomic E-state index is -0.542. The number of thiazole rings is 1. The van der Waals surface area contributed by atoms with Crippen molar-refractivity contribution in [2.24, 2.45) is 5.73 Å². The second kappa shape index (κ2) is 6.28. The number of rotatable bonds is 5. The molecule has 124 valence electrons. The minimum Gasteiger partial charge on any atom is -0.364 e. The Bertz CT molecular complexity index is 908. The molecule has 0 radical (unpaired) electrons. The van der Waals surface area contributed by atoms with Gasteiger partial charge >= 0.3 is 0 Å². The van der Waals surface area contributed by atoms with Crippen LogP contribution in [-0.2, 0) is 6.42 Å². The summed E-state index contributed by atoms with van der Waals surface area (Å²) in [6.45, 7) is 3.59. The Labute approximate surface area is 141 Å². The molecule has 3 aromatic heterocycles. The van der Waals surface area contributed by atoms with Gasteiger partial charge in [0, 0.05) is 17.1 Å². The van der Waals surface area contributed by atoms with Crippen molar-refractivity contribution in [3.8, 4) is 11.3 Å². The lowest BCUT2D eigenvalue weighted by atomic mass is 10.1. The summed E-state index contributed by atoms with van der Waals surface area (Å²) in [6, 6.07) is 1.61. The lowest BCUT2D eigenvalue weighted by Crippen LogP contribution is -2.14. The third kappa shape index (κ3) is 2.93. The maximum Gasteiger partial charge on any atom is 0.265 e. The Balaban J connectivity index is 1.79. The van der Waals surface area contributed by atoms with Crippen molar-refractivity contribution in [1.82, 2.24) is 15.1 Å². The molecule has 0 aliphatic rings. The van der Waals surface area contributed by atoms with Crippen molar-refractivity contribution < 1.29 is 14.1 Å². The molecule has 0 spiro atoms. The Kier molecular flexibility index (Phi) is 4.17. The number of carbonyl (C=O) groups excluding carboxylic acids is 2. The Morgan fingerprint density at radius 1 is 1.46 bits per heavy atom. The van der Waals surface area contributed by atoms with Crippen LogP contribution in [0.15, 0.2) is 22.2 Å². The number of carbonyl (C=O) groups is 2. The average Bonchev–Trinajstić information content (AvgIpc) is 3.25. The van der Waals surface area contributed by atoms with Gasteiger partial charge in [-0.05, 0) is 19.4 Å². The quantitative estimate of drug-likeness (QED) is 0.654. The monoisotopic (exact) mass is 345 g/mol. The molecule has 4 N–H and O–H groups in total. The van der Waals surface area contributed by atoms with Crippen LogP contribution < -0.4 is 11.1 Å². The van der Waals surface area contributed by atoms with Gasteiger partial charge in [-0.15, -0.1) is 11.3 Å². The van der Waals surface area contributed by atoms with Crippen LogP contribution in [0.1, 0.15) is 39.2 Å². The summed E-state index contributed by atoms with van der Waals surface area (Å²) in [5.41, 5.74) is 7.92. The van der Waals surface area contributed by atoms with E-state index in [1.807, 2.05) is 6.92 Å². The summed E-state index contributed by atoms with van der Waals surface area (Å²) in [5.74, 6) is -0.378. The van der Waals surface area contributed by atoms with Crippen molar-refractivity contribution in [2.45, 2.75) is 20.3 Å². The Morgan fingerprint density at radius 2 is 2.25 bits per heavy atom. The minimum absolute atomic E-state index is 0.302. The molecule has 0 atom stereocenters. The molecule has 0 aliphatic carbocycles. The van der Waals surface area contributed by atoms with E-state index in [0.29, 0.717) is 40.0 Å². The van der Waals surface area contributed by atoms with Gasteiger partial charge in [0.15, 0.2) is 5.13 Å². The molecule has 0 aromatic carbocycles. The first kappa shape index (κ1) is 15.9. The number of hydrogen-bond acceptors (Lipinski definition) is 6. The van der Waals surface area contributed by atoms with E-state index in [1.165, 1.54) is 11.3 Å². The van der Waals surface area contributed by atoms with Crippen LogP contribution >= 0.6 is 11.3 Å². The summed E-state index contributed by atoms with van der Waals surface area (Å²) in [4.78, 5) is 30.7. The normalized spacial score (nSPS) is 10.8. The fraction of sp³-hybridized carbons (Fsp3) is 0.200. The molecule has 9 heteroatoms. The van der Waals surface area contributed by atoms with Crippen LogP contribution in [0.3, 0.4) is 0 Å². The molecule has 3 heterocycles. The SMILES string of the molecule is CCc1noc(C)c1C(=O)Nc1nc(-c2c[nH]c(C(N)=O)c2)cs1. The lowest BCUT2D eigenvalue weighted by molar-refractivity contribution is 0.0993. The molecule has 0 aliphatic heterocycles. The van der Waals surface area contributed by atoms with E-state index >= 15 is 0 Å². The van der Waals surface area contributed by atoms with E-state index in [-0.39, 0.29) is 5.91 Å². The lowest BCUT2D eigenvalue weighted by Gasteiger charge is -2.01. The number of nitrogens with one attached hydrogen (secondary N) is 2. The fourth-order valence-electron chi connectivity index (χ4n) is 2.26. The zero-order valence-electron chi connectivity index (χ0n) is 13.0. The predicted octanol–water partition coefficient (Wildman–Crippen LogP) is 2.35. The van der Waals surface area contributed by atoms with Gasteiger partial charge in [0.1, 0.15) is 17.0 Å².